The van der Waals surface area contributed by atoms with Crippen LogP contribution in [0, 0.1) is 10.1 Å². The van der Waals surface area contributed by atoms with Crippen molar-refractivity contribution in [1.82, 2.24) is 4.98 Å². The molecule has 1 aromatic rings. The summed E-state index contributed by atoms with van der Waals surface area (Å²) < 4.78 is 0. The molecule has 16 heavy (non-hydrogen) atoms. The van der Waals surface area contributed by atoms with Crippen molar-refractivity contribution in [1.29, 1.82) is 0 Å². The Balaban J connectivity index is 2.99. The first-order chi connectivity index (χ1) is 7.31. The van der Waals surface area contributed by atoms with Crippen LogP contribution in [0.5, 0.6) is 0 Å². The van der Waals surface area contributed by atoms with E-state index in [-0.39, 0.29) is 18.1 Å². The number of anilines is 1. The van der Waals surface area contributed by atoms with E-state index in [1.54, 1.807) is 25.8 Å². The van der Waals surface area contributed by atoms with E-state index in [1.807, 2.05) is 0 Å². The normalized spacial score (nSPS) is 11.2. The van der Waals surface area contributed by atoms with E-state index in [1.165, 1.54) is 18.3 Å². The van der Waals surface area contributed by atoms with Gasteiger partial charge in [-0.2, -0.15) is 0 Å². The third-order valence-corrected chi connectivity index (χ3v) is 1.95. The maximum Gasteiger partial charge on any atom is 0.311 e. The lowest BCUT2D eigenvalue weighted by Crippen LogP contribution is -2.36. The lowest BCUT2D eigenvalue weighted by Gasteiger charge is -2.25. The first kappa shape index (κ1) is 12.4. The molecule has 0 unspecified atom stereocenters. The minimum absolute atomic E-state index is 0.0609. The summed E-state index contributed by atoms with van der Waals surface area (Å²) in [5.41, 5.74) is -0.991. The third-order valence-electron chi connectivity index (χ3n) is 1.95. The SMILES string of the molecule is CN(CC(C)(C)O)c1ncccc1[N+](=O)[O-]. The van der Waals surface area contributed by atoms with Gasteiger partial charge in [0.1, 0.15) is 0 Å². The van der Waals surface area contributed by atoms with Gasteiger partial charge in [0.25, 0.3) is 0 Å². The number of pyridine rings is 1. The van der Waals surface area contributed by atoms with E-state index in [0.717, 1.165) is 0 Å². The molecule has 0 bridgehead atoms. The van der Waals surface area contributed by atoms with Crippen LogP contribution in [0.15, 0.2) is 18.3 Å². The fourth-order valence-corrected chi connectivity index (χ4v) is 1.48. The number of nitrogens with zero attached hydrogens (tertiary/aromatic N) is 3. The van der Waals surface area contributed by atoms with E-state index in [2.05, 4.69) is 4.98 Å². The monoisotopic (exact) mass is 225 g/mol. The van der Waals surface area contributed by atoms with Gasteiger partial charge in [-0.05, 0) is 19.9 Å². The fraction of sp³-hybridized carbons (Fsp3) is 0.500. The van der Waals surface area contributed by atoms with Gasteiger partial charge in [0.05, 0.1) is 10.5 Å². The van der Waals surface area contributed by atoms with Crippen molar-refractivity contribution in [3.63, 3.8) is 0 Å². The lowest BCUT2D eigenvalue weighted by atomic mass is 10.1. The van der Waals surface area contributed by atoms with Crippen molar-refractivity contribution in [2.45, 2.75) is 19.4 Å². The van der Waals surface area contributed by atoms with Crippen LogP contribution in [0.2, 0.25) is 0 Å². The third kappa shape index (κ3) is 3.16. The largest absolute Gasteiger partial charge is 0.389 e. The summed E-state index contributed by atoms with van der Waals surface area (Å²) in [6.45, 7) is 3.54. The summed E-state index contributed by atoms with van der Waals surface area (Å²) in [5.74, 6) is 0.259. The quantitative estimate of drug-likeness (QED) is 0.615. The highest BCUT2D eigenvalue weighted by atomic mass is 16.6. The van der Waals surface area contributed by atoms with Crippen LogP contribution in [0.25, 0.3) is 0 Å². The van der Waals surface area contributed by atoms with Crippen LogP contribution in [0.3, 0.4) is 0 Å². The second-order valence-corrected chi connectivity index (χ2v) is 4.27. The molecule has 0 radical (unpaired) electrons. The minimum atomic E-state index is -0.930. The molecule has 0 spiro atoms. The Morgan fingerprint density at radius 1 is 1.62 bits per heavy atom. The molecule has 1 N–H and O–H groups in total. The topological polar surface area (TPSA) is 79.5 Å². The summed E-state index contributed by atoms with van der Waals surface area (Å²) in [5, 5.41) is 20.4. The molecule has 0 aliphatic heterocycles. The zero-order chi connectivity index (χ0) is 12.3. The number of rotatable bonds is 4. The first-order valence-corrected chi connectivity index (χ1v) is 4.84. The summed E-state index contributed by atoms with van der Waals surface area (Å²) in [6.07, 6.45) is 1.49. The van der Waals surface area contributed by atoms with E-state index in [0.29, 0.717) is 0 Å². The first-order valence-electron chi connectivity index (χ1n) is 4.84. The van der Waals surface area contributed by atoms with Gasteiger partial charge in [0, 0.05) is 25.9 Å². The molecule has 0 fully saturated rings. The highest BCUT2D eigenvalue weighted by molar-refractivity contribution is 5.56. The van der Waals surface area contributed by atoms with E-state index < -0.39 is 10.5 Å². The van der Waals surface area contributed by atoms with Crippen molar-refractivity contribution < 1.29 is 10.0 Å². The molecule has 0 amide bonds. The maximum absolute atomic E-state index is 10.8. The van der Waals surface area contributed by atoms with Crippen molar-refractivity contribution >= 4 is 11.5 Å². The molecular weight excluding hydrogens is 210 g/mol. The molecule has 1 heterocycles. The number of nitro groups is 1. The highest BCUT2D eigenvalue weighted by Gasteiger charge is 2.22. The van der Waals surface area contributed by atoms with Gasteiger partial charge in [0.15, 0.2) is 0 Å². The van der Waals surface area contributed by atoms with Crippen molar-refractivity contribution in [3.8, 4) is 0 Å². The molecule has 0 aliphatic rings. The predicted molar refractivity (Wildman–Crippen MR) is 60.5 cm³/mol. The van der Waals surface area contributed by atoms with Gasteiger partial charge >= 0.3 is 5.69 Å². The Hall–Kier alpha value is -1.69. The Kier molecular flexibility index (Phi) is 3.44. The summed E-state index contributed by atoms with van der Waals surface area (Å²) >= 11 is 0. The van der Waals surface area contributed by atoms with Gasteiger partial charge in [-0.3, -0.25) is 10.1 Å². The molecular formula is C10H15N3O3. The lowest BCUT2D eigenvalue weighted by molar-refractivity contribution is -0.384. The van der Waals surface area contributed by atoms with Gasteiger partial charge in [-0.15, -0.1) is 0 Å². The van der Waals surface area contributed by atoms with Gasteiger partial charge in [-0.1, -0.05) is 0 Å². The molecule has 88 valence electrons. The molecule has 0 aromatic carbocycles. The molecule has 0 saturated carbocycles. The van der Waals surface area contributed by atoms with Crippen LogP contribution < -0.4 is 4.90 Å². The Labute approximate surface area is 93.7 Å². The van der Waals surface area contributed by atoms with E-state index in [9.17, 15) is 15.2 Å². The number of aromatic nitrogens is 1. The average Bonchev–Trinajstić information content (AvgIpc) is 2.15. The average molecular weight is 225 g/mol. The van der Waals surface area contributed by atoms with Crippen LogP contribution in [-0.2, 0) is 0 Å². The molecule has 0 atom stereocenters. The minimum Gasteiger partial charge on any atom is -0.389 e. The van der Waals surface area contributed by atoms with Crippen molar-refractivity contribution in [2.24, 2.45) is 0 Å². The van der Waals surface area contributed by atoms with Gasteiger partial charge < -0.3 is 10.0 Å². The van der Waals surface area contributed by atoms with Gasteiger partial charge in [0.2, 0.25) is 5.82 Å². The zero-order valence-electron chi connectivity index (χ0n) is 9.54. The van der Waals surface area contributed by atoms with Crippen LogP contribution in [0.1, 0.15) is 13.8 Å². The van der Waals surface area contributed by atoms with Gasteiger partial charge in [-0.25, -0.2) is 4.98 Å². The van der Waals surface area contributed by atoms with Crippen LogP contribution in [0.4, 0.5) is 11.5 Å². The maximum atomic E-state index is 10.8. The molecule has 6 nitrogen and oxygen atoms in total. The molecule has 1 aromatic heterocycles. The number of likely N-dealkylation sites (N-methyl/N-ethyl adjacent to an activating group) is 1. The van der Waals surface area contributed by atoms with Crippen molar-refractivity contribution in [3.05, 3.63) is 28.4 Å². The fourth-order valence-electron chi connectivity index (χ4n) is 1.48. The number of hydrogen-bond donors (Lipinski definition) is 1. The van der Waals surface area contributed by atoms with Crippen molar-refractivity contribution in [2.75, 3.05) is 18.5 Å². The smallest absolute Gasteiger partial charge is 0.311 e. The molecule has 1 rings (SSSR count). The molecule has 0 aliphatic carbocycles. The summed E-state index contributed by atoms with van der Waals surface area (Å²) in [6, 6.07) is 2.91. The summed E-state index contributed by atoms with van der Waals surface area (Å²) in [7, 11) is 1.66. The predicted octanol–water partition coefficient (Wildman–Crippen LogP) is 1.20. The Morgan fingerprint density at radius 3 is 2.75 bits per heavy atom. The van der Waals surface area contributed by atoms with E-state index in [4.69, 9.17) is 0 Å². The van der Waals surface area contributed by atoms with E-state index >= 15 is 0 Å². The number of aliphatic hydroxyl groups is 1. The second-order valence-electron chi connectivity index (χ2n) is 4.27. The van der Waals surface area contributed by atoms with Crippen LogP contribution >= 0.6 is 0 Å². The molecule has 6 heteroatoms. The molecule has 0 saturated heterocycles. The summed E-state index contributed by atoms with van der Waals surface area (Å²) in [4.78, 5) is 15.8. The Bertz CT molecular complexity index is 387. The highest BCUT2D eigenvalue weighted by Crippen LogP contribution is 2.24. The second kappa shape index (κ2) is 4.44. The zero-order valence-corrected chi connectivity index (χ0v) is 9.54. The Morgan fingerprint density at radius 2 is 2.25 bits per heavy atom. The standard InChI is InChI=1S/C10H15N3O3/c1-10(2,14)7-12(3)9-8(13(15)16)5-4-6-11-9/h4-6,14H,7H2,1-3H3. The number of hydrogen-bond acceptors (Lipinski definition) is 5. The van der Waals surface area contributed by atoms with Crippen LogP contribution in [-0.4, -0.2) is 34.2 Å².